The number of hydrogen-bond donors (Lipinski definition) is 2. The van der Waals surface area contributed by atoms with Crippen LogP contribution in [-0.4, -0.2) is 26.5 Å². The number of aliphatic hydroxyl groups excluding tert-OH is 1. The molecule has 0 amide bonds. The molecule has 0 radical (unpaired) electrons. The normalized spacial score (nSPS) is 15.8. The highest BCUT2D eigenvalue weighted by atomic mass is 35.5. The third kappa shape index (κ3) is 3.72. The minimum absolute atomic E-state index is 0.0914. The van der Waals surface area contributed by atoms with E-state index in [0.29, 0.717) is 29.6 Å². The topological polar surface area (TPSA) is 63.0 Å². The van der Waals surface area contributed by atoms with Gasteiger partial charge in [-0.25, -0.2) is 9.07 Å². The summed E-state index contributed by atoms with van der Waals surface area (Å²) >= 11 is 6.18. The number of aryl methyl sites for hydroxylation is 1. The number of nitrogens with one attached hydrogen (secondary N) is 1. The molecule has 138 valence electrons. The maximum absolute atomic E-state index is 13.3. The van der Waals surface area contributed by atoms with Crippen LogP contribution in [-0.2, 0) is 6.42 Å². The molecule has 0 saturated heterocycles. The third-order valence-corrected chi connectivity index (χ3v) is 4.65. The van der Waals surface area contributed by atoms with Gasteiger partial charge in [0.25, 0.3) is 0 Å². The fourth-order valence-electron chi connectivity index (χ4n) is 3.11. The largest absolute Gasteiger partial charge is 0.396 e. The van der Waals surface area contributed by atoms with E-state index in [4.69, 9.17) is 16.7 Å². The van der Waals surface area contributed by atoms with Crippen LogP contribution in [0.3, 0.4) is 0 Å². The molecule has 1 aromatic heterocycles. The Morgan fingerprint density at radius 1 is 1.19 bits per heavy atom. The van der Waals surface area contributed by atoms with Gasteiger partial charge in [0.15, 0.2) is 5.82 Å². The highest BCUT2D eigenvalue weighted by Gasteiger charge is 2.25. The molecule has 1 aliphatic rings. The van der Waals surface area contributed by atoms with Crippen LogP contribution in [0.5, 0.6) is 0 Å². The van der Waals surface area contributed by atoms with Crippen LogP contribution in [0.15, 0.2) is 54.6 Å². The molecule has 3 aromatic rings. The zero-order valence-corrected chi connectivity index (χ0v) is 15.2. The smallest absolute Gasteiger partial charge is 0.226 e. The molecule has 1 atom stereocenters. The second kappa shape index (κ2) is 7.50. The standard InChI is InChI=1S/C20H18ClFN4O/c21-15-4-1-3-14(11-15)18-12-17(13-6-8-16(22)9-7-13)23-20-24-19(5-2-10-27)25-26(18)20/h1,3-4,6-9,11-12,18,27H,2,5,10H2,(H,23,24,25)/t18-/m0/s1. The summed E-state index contributed by atoms with van der Waals surface area (Å²) in [5.41, 5.74) is 2.66. The van der Waals surface area contributed by atoms with E-state index in [1.54, 1.807) is 12.1 Å². The number of anilines is 1. The number of aliphatic hydroxyl groups is 1. The summed E-state index contributed by atoms with van der Waals surface area (Å²) in [6.45, 7) is 0.0914. The Kier molecular flexibility index (Phi) is 4.92. The first-order valence-electron chi connectivity index (χ1n) is 8.70. The van der Waals surface area contributed by atoms with Crippen molar-refractivity contribution in [1.29, 1.82) is 0 Å². The van der Waals surface area contributed by atoms with Crippen molar-refractivity contribution in [2.24, 2.45) is 0 Å². The van der Waals surface area contributed by atoms with Crippen molar-refractivity contribution in [2.45, 2.75) is 18.9 Å². The average molecular weight is 385 g/mol. The highest BCUT2D eigenvalue weighted by molar-refractivity contribution is 6.30. The summed E-state index contributed by atoms with van der Waals surface area (Å²) in [6.07, 6.45) is 3.21. The number of allylic oxidation sites excluding steroid dienone is 1. The van der Waals surface area contributed by atoms with Gasteiger partial charge in [-0.05, 0) is 60.0 Å². The monoisotopic (exact) mass is 384 g/mol. The Morgan fingerprint density at radius 3 is 2.74 bits per heavy atom. The van der Waals surface area contributed by atoms with Crippen molar-refractivity contribution in [1.82, 2.24) is 14.8 Å². The maximum Gasteiger partial charge on any atom is 0.226 e. The molecule has 27 heavy (non-hydrogen) atoms. The average Bonchev–Trinajstić information content (AvgIpc) is 3.09. The van der Waals surface area contributed by atoms with E-state index in [2.05, 4.69) is 15.4 Å². The fraction of sp³-hybridized carbons (Fsp3) is 0.200. The lowest BCUT2D eigenvalue weighted by molar-refractivity contribution is 0.287. The first kappa shape index (κ1) is 17.7. The molecule has 0 spiro atoms. The Labute approximate surface area is 161 Å². The van der Waals surface area contributed by atoms with Crippen molar-refractivity contribution in [3.63, 3.8) is 0 Å². The lowest BCUT2D eigenvalue weighted by Gasteiger charge is -2.24. The van der Waals surface area contributed by atoms with Crippen LogP contribution in [0.25, 0.3) is 5.70 Å². The predicted octanol–water partition coefficient (Wildman–Crippen LogP) is 4.05. The highest BCUT2D eigenvalue weighted by Crippen LogP contribution is 2.33. The Morgan fingerprint density at radius 2 is 2.00 bits per heavy atom. The van der Waals surface area contributed by atoms with Gasteiger partial charge < -0.3 is 10.4 Å². The van der Waals surface area contributed by atoms with Crippen LogP contribution in [0.2, 0.25) is 5.02 Å². The van der Waals surface area contributed by atoms with E-state index in [1.165, 1.54) is 12.1 Å². The molecule has 5 nitrogen and oxygen atoms in total. The van der Waals surface area contributed by atoms with Crippen LogP contribution in [0.4, 0.5) is 10.3 Å². The SMILES string of the molecule is OCCCc1nc2n(n1)[C@H](c1cccc(Cl)c1)C=C(c1ccc(F)cc1)N2. The van der Waals surface area contributed by atoms with Crippen LogP contribution < -0.4 is 5.32 Å². The summed E-state index contributed by atoms with van der Waals surface area (Å²) in [6, 6.07) is 13.7. The number of halogens is 2. The Hall–Kier alpha value is -2.70. The lowest BCUT2D eigenvalue weighted by atomic mass is 10.0. The van der Waals surface area contributed by atoms with E-state index in [0.717, 1.165) is 16.8 Å². The first-order valence-corrected chi connectivity index (χ1v) is 9.08. The molecule has 0 saturated carbocycles. The zero-order chi connectivity index (χ0) is 18.8. The minimum atomic E-state index is -0.281. The number of aromatic nitrogens is 3. The molecule has 2 N–H and O–H groups in total. The second-order valence-corrected chi connectivity index (χ2v) is 6.77. The molecule has 0 fully saturated rings. The molecular weight excluding hydrogens is 367 g/mol. The van der Waals surface area contributed by atoms with Gasteiger partial charge in [-0.15, -0.1) is 0 Å². The summed E-state index contributed by atoms with van der Waals surface area (Å²) in [4.78, 5) is 4.56. The molecule has 2 aromatic carbocycles. The predicted molar refractivity (Wildman–Crippen MR) is 103 cm³/mol. The van der Waals surface area contributed by atoms with E-state index in [1.807, 2.05) is 35.0 Å². The van der Waals surface area contributed by atoms with Gasteiger partial charge in [0.1, 0.15) is 11.9 Å². The van der Waals surface area contributed by atoms with Crippen LogP contribution >= 0.6 is 11.6 Å². The number of nitrogens with zero attached hydrogens (tertiary/aromatic N) is 3. The fourth-order valence-corrected chi connectivity index (χ4v) is 3.30. The van der Waals surface area contributed by atoms with Crippen molar-refractivity contribution in [3.05, 3.63) is 82.4 Å². The summed E-state index contributed by atoms with van der Waals surface area (Å²) in [7, 11) is 0. The summed E-state index contributed by atoms with van der Waals surface area (Å²) in [5, 5.41) is 17.6. The van der Waals surface area contributed by atoms with Crippen molar-refractivity contribution in [3.8, 4) is 0 Å². The molecule has 0 unspecified atom stereocenters. The van der Waals surface area contributed by atoms with Gasteiger partial charge >= 0.3 is 0 Å². The van der Waals surface area contributed by atoms with E-state index >= 15 is 0 Å². The van der Waals surface area contributed by atoms with Gasteiger partial charge in [-0.2, -0.15) is 10.1 Å². The molecule has 2 heterocycles. The quantitative estimate of drug-likeness (QED) is 0.696. The number of rotatable bonds is 5. The number of benzene rings is 2. The van der Waals surface area contributed by atoms with Crippen LogP contribution in [0.1, 0.15) is 29.4 Å². The lowest BCUT2D eigenvalue weighted by Crippen LogP contribution is -2.20. The number of fused-ring (bicyclic) bond motifs is 1. The summed E-state index contributed by atoms with van der Waals surface area (Å²) < 4.78 is 15.1. The Balaban J connectivity index is 1.77. The molecule has 0 bridgehead atoms. The van der Waals surface area contributed by atoms with Gasteiger partial charge in [0.05, 0.1) is 0 Å². The van der Waals surface area contributed by atoms with E-state index < -0.39 is 0 Å². The first-order chi connectivity index (χ1) is 13.1. The van der Waals surface area contributed by atoms with Crippen molar-refractivity contribution in [2.75, 3.05) is 11.9 Å². The third-order valence-electron chi connectivity index (χ3n) is 4.41. The molecule has 7 heteroatoms. The van der Waals surface area contributed by atoms with E-state index in [9.17, 15) is 4.39 Å². The van der Waals surface area contributed by atoms with Crippen LogP contribution in [0, 0.1) is 5.82 Å². The van der Waals surface area contributed by atoms with Gasteiger partial charge in [-0.1, -0.05) is 23.7 Å². The van der Waals surface area contributed by atoms with Crippen molar-refractivity contribution < 1.29 is 9.50 Å². The van der Waals surface area contributed by atoms with Gasteiger partial charge in [0.2, 0.25) is 5.95 Å². The van der Waals surface area contributed by atoms with Gasteiger partial charge in [-0.3, -0.25) is 0 Å². The van der Waals surface area contributed by atoms with Gasteiger partial charge in [0, 0.05) is 23.7 Å². The minimum Gasteiger partial charge on any atom is -0.396 e. The Bertz CT molecular complexity index is 984. The second-order valence-electron chi connectivity index (χ2n) is 6.34. The molecular formula is C20H18ClFN4O. The zero-order valence-electron chi connectivity index (χ0n) is 14.4. The molecule has 0 aliphatic carbocycles. The maximum atomic E-state index is 13.3. The van der Waals surface area contributed by atoms with Crippen molar-refractivity contribution >= 4 is 23.2 Å². The summed E-state index contributed by atoms with van der Waals surface area (Å²) in [5.74, 6) is 0.984. The molecule has 4 rings (SSSR count). The molecule has 1 aliphatic heterocycles. The number of hydrogen-bond acceptors (Lipinski definition) is 4. The van der Waals surface area contributed by atoms with E-state index in [-0.39, 0.29) is 18.5 Å².